The third-order valence-electron chi connectivity index (χ3n) is 5.39. The molecule has 0 radical (unpaired) electrons. The number of thiophene rings is 1. The third kappa shape index (κ3) is 4.87. The fourth-order valence-corrected chi connectivity index (χ4v) is 6.87. The SMILES string of the molecule is CC(C)c1ccc(-c2nnc(NC(=O)C3CCN(S(=O)(=O)c4cccs4)CC3)s2)cc1. The predicted molar refractivity (Wildman–Crippen MR) is 124 cm³/mol. The first-order valence-electron chi connectivity index (χ1n) is 10.1. The number of aromatic nitrogens is 2. The van der Waals surface area contributed by atoms with Crippen LogP contribution in [0.1, 0.15) is 38.2 Å². The van der Waals surface area contributed by atoms with Crippen LogP contribution in [0.25, 0.3) is 10.6 Å². The molecule has 0 saturated carbocycles. The minimum Gasteiger partial charge on any atom is -0.300 e. The van der Waals surface area contributed by atoms with E-state index in [-0.39, 0.29) is 11.8 Å². The molecule has 0 atom stereocenters. The summed E-state index contributed by atoms with van der Waals surface area (Å²) in [7, 11) is -3.46. The van der Waals surface area contributed by atoms with Crippen LogP contribution >= 0.6 is 22.7 Å². The van der Waals surface area contributed by atoms with Gasteiger partial charge < -0.3 is 5.32 Å². The van der Waals surface area contributed by atoms with E-state index < -0.39 is 10.0 Å². The molecule has 1 aromatic carbocycles. The molecule has 4 rings (SSSR count). The lowest BCUT2D eigenvalue weighted by Crippen LogP contribution is -2.41. The van der Waals surface area contributed by atoms with Gasteiger partial charge in [0, 0.05) is 24.6 Å². The molecule has 164 valence electrons. The molecule has 0 spiro atoms. The number of rotatable bonds is 6. The van der Waals surface area contributed by atoms with Crippen LogP contribution in [0.4, 0.5) is 5.13 Å². The molecule has 0 aliphatic carbocycles. The number of hydrogen-bond acceptors (Lipinski definition) is 7. The van der Waals surface area contributed by atoms with Crippen molar-refractivity contribution >= 4 is 43.7 Å². The highest BCUT2D eigenvalue weighted by Gasteiger charge is 2.32. The number of nitrogens with zero attached hydrogens (tertiary/aromatic N) is 3. The zero-order chi connectivity index (χ0) is 22.0. The minimum absolute atomic E-state index is 0.133. The molecule has 0 unspecified atom stereocenters. The second kappa shape index (κ2) is 9.15. The number of carbonyl (C=O) groups is 1. The van der Waals surface area contributed by atoms with Crippen molar-refractivity contribution in [3.8, 4) is 10.6 Å². The average Bonchev–Trinajstić information content (AvgIpc) is 3.47. The minimum atomic E-state index is -3.46. The second-order valence-corrected chi connectivity index (χ2v) is 11.9. The van der Waals surface area contributed by atoms with Gasteiger partial charge in [-0.3, -0.25) is 4.79 Å². The van der Waals surface area contributed by atoms with Gasteiger partial charge in [0.1, 0.15) is 9.22 Å². The number of sulfonamides is 1. The van der Waals surface area contributed by atoms with Gasteiger partial charge in [0.25, 0.3) is 10.0 Å². The van der Waals surface area contributed by atoms with E-state index in [4.69, 9.17) is 0 Å². The van der Waals surface area contributed by atoms with E-state index in [1.165, 1.54) is 32.5 Å². The molecule has 31 heavy (non-hydrogen) atoms. The first kappa shape index (κ1) is 22.1. The van der Waals surface area contributed by atoms with Crippen molar-refractivity contribution < 1.29 is 13.2 Å². The molecule has 1 aliphatic rings. The Labute approximate surface area is 190 Å². The molecular formula is C21H24N4O3S3. The average molecular weight is 477 g/mol. The Bertz CT molecular complexity index is 1130. The van der Waals surface area contributed by atoms with E-state index in [9.17, 15) is 13.2 Å². The summed E-state index contributed by atoms with van der Waals surface area (Å²) in [5, 5.41) is 14.1. The number of amides is 1. The molecular weight excluding hydrogens is 452 g/mol. The van der Waals surface area contributed by atoms with Crippen molar-refractivity contribution in [3.63, 3.8) is 0 Å². The standard InChI is InChI=1S/C21H24N4O3S3/c1-14(2)15-5-7-17(8-6-15)20-23-24-21(30-20)22-19(26)16-9-11-25(12-10-16)31(27,28)18-4-3-13-29-18/h3-8,13-14,16H,9-12H2,1-2H3,(H,22,24,26). The fraction of sp³-hybridized carbons (Fsp3) is 0.381. The van der Waals surface area contributed by atoms with Gasteiger partial charge in [-0.1, -0.05) is 55.5 Å². The fourth-order valence-electron chi connectivity index (χ4n) is 3.50. The highest BCUT2D eigenvalue weighted by Crippen LogP contribution is 2.30. The van der Waals surface area contributed by atoms with E-state index in [2.05, 4.69) is 41.5 Å². The maximum Gasteiger partial charge on any atom is 0.252 e. The number of piperidine rings is 1. The van der Waals surface area contributed by atoms with Crippen molar-refractivity contribution in [2.24, 2.45) is 5.92 Å². The number of anilines is 1. The predicted octanol–water partition coefficient (Wildman–Crippen LogP) is 4.43. The largest absolute Gasteiger partial charge is 0.300 e. The van der Waals surface area contributed by atoms with Crippen molar-refractivity contribution in [2.75, 3.05) is 18.4 Å². The van der Waals surface area contributed by atoms with E-state index >= 15 is 0 Å². The lowest BCUT2D eigenvalue weighted by atomic mass is 9.97. The normalized spacial score (nSPS) is 16.0. The van der Waals surface area contributed by atoms with Gasteiger partial charge in [-0.25, -0.2) is 8.42 Å². The molecule has 10 heteroatoms. The number of carbonyl (C=O) groups excluding carboxylic acids is 1. The van der Waals surface area contributed by atoms with Crippen molar-refractivity contribution in [3.05, 3.63) is 47.3 Å². The number of nitrogens with one attached hydrogen (secondary N) is 1. The highest BCUT2D eigenvalue weighted by molar-refractivity contribution is 7.91. The maximum absolute atomic E-state index is 12.7. The topological polar surface area (TPSA) is 92.3 Å². The first-order chi connectivity index (χ1) is 14.8. The summed E-state index contributed by atoms with van der Waals surface area (Å²) in [4.78, 5) is 12.7. The first-order valence-corrected chi connectivity index (χ1v) is 13.3. The molecule has 1 amide bonds. The molecule has 2 aromatic heterocycles. The summed E-state index contributed by atoms with van der Waals surface area (Å²) in [6, 6.07) is 11.5. The third-order valence-corrected chi connectivity index (χ3v) is 9.55. The van der Waals surface area contributed by atoms with Gasteiger partial charge in [-0.05, 0) is 35.8 Å². The number of benzene rings is 1. The summed E-state index contributed by atoms with van der Waals surface area (Å²) >= 11 is 2.55. The van der Waals surface area contributed by atoms with Crippen LogP contribution in [0.3, 0.4) is 0 Å². The summed E-state index contributed by atoms with van der Waals surface area (Å²) < 4.78 is 27.1. The Hall–Kier alpha value is -2.14. The lowest BCUT2D eigenvalue weighted by molar-refractivity contribution is -0.120. The summed E-state index contributed by atoms with van der Waals surface area (Å²) in [5.74, 6) is 0.0866. The molecule has 1 fully saturated rings. The van der Waals surface area contributed by atoms with Crippen molar-refractivity contribution in [1.82, 2.24) is 14.5 Å². The summed E-state index contributed by atoms with van der Waals surface area (Å²) in [6.07, 6.45) is 0.970. The zero-order valence-corrected chi connectivity index (χ0v) is 19.8. The molecule has 0 bridgehead atoms. The van der Waals surface area contributed by atoms with Crippen molar-refractivity contribution in [2.45, 2.75) is 36.8 Å². The second-order valence-electron chi connectivity index (χ2n) is 7.79. The van der Waals surface area contributed by atoms with Gasteiger partial charge in [0.15, 0.2) is 0 Å². The smallest absolute Gasteiger partial charge is 0.252 e. The Kier molecular flexibility index (Phi) is 6.52. The van der Waals surface area contributed by atoms with Gasteiger partial charge in [0.2, 0.25) is 11.0 Å². The van der Waals surface area contributed by atoms with E-state index in [1.807, 2.05) is 12.1 Å². The molecule has 3 aromatic rings. The summed E-state index contributed by atoms with van der Waals surface area (Å²) in [5.41, 5.74) is 2.23. The molecule has 3 heterocycles. The van der Waals surface area contributed by atoms with Crippen molar-refractivity contribution in [1.29, 1.82) is 0 Å². The molecule has 1 aliphatic heterocycles. The Morgan fingerprint density at radius 3 is 2.45 bits per heavy atom. The Morgan fingerprint density at radius 2 is 1.84 bits per heavy atom. The van der Waals surface area contributed by atoms with Gasteiger partial charge in [0.05, 0.1) is 0 Å². The molecule has 7 nitrogen and oxygen atoms in total. The van der Waals surface area contributed by atoms with Crippen LogP contribution in [-0.2, 0) is 14.8 Å². The van der Waals surface area contributed by atoms with E-state index in [0.717, 1.165) is 10.6 Å². The highest BCUT2D eigenvalue weighted by atomic mass is 32.2. The summed E-state index contributed by atoms with van der Waals surface area (Å²) in [6.45, 7) is 4.97. The van der Waals surface area contributed by atoms with Crippen LogP contribution in [0.15, 0.2) is 46.0 Å². The maximum atomic E-state index is 12.7. The Morgan fingerprint density at radius 1 is 1.13 bits per heavy atom. The van der Waals surface area contributed by atoms with Gasteiger partial charge >= 0.3 is 0 Å². The van der Waals surface area contributed by atoms with E-state index in [1.54, 1.807) is 17.5 Å². The lowest BCUT2D eigenvalue weighted by Gasteiger charge is -2.29. The molecule has 1 N–H and O–H groups in total. The monoisotopic (exact) mass is 476 g/mol. The molecule has 1 saturated heterocycles. The van der Waals surface area contributed by atoms with E-state index in [0.29, 0.717) is 41.2 Å². The van der Waals surface area contributed by atoms with Crippen LogP contribution in [0.2, 0.25) is 0 Å². The van der Waals surface area contributed by atoms with Crippen LogP contribution in [-0.4, -0.2) is 41.9 Å². The van der Waals surface area contributed by atoms with Gasteiger partial charge in [-0.15, -0.1) is 21.5 Å². The van der Waals surface area contributed by atoms with Crippen LogP contribution < -0.4 is 5.32 Å². The van der Waals surface area contributed by atoms with Crippen LogP contribution in [0.5, 0.6) is 0 Å². The van der Waals surface area contributed by atoms with Crippen LogP contribution in [0, 0.1) is 5.92 Å². The zero-order valence-electron chi connectivity index (χ0n) is 17.3. The van der Waals surface area contributed by atoms with Gasteiger partial charge in [-0.2, -0.15) is 4.31 Å². The number of hydrogen-bond donors (Lipinski definition) is 1. The quantitative estimate of drug-likeness (QED) is 0.568. The Balaban J connectivity index is 1.34.